The first-order valence-corrected chi connectivity index (χ1v) is 16.4. The summed E-state index contributed by atoms with van der Waals surface area (Å²) in [6, 6.07) is 12.6. The summed E-state index contributed by atoms with van der Waals surface area (Å²) >= 11 is 0. The van der Waals surface area contributed by atoms with E-state index in [-0.39, 0.29) is 41.3 Å². The topological polar surface area (TPSA) is 172 Å². The summed E-state index contributed by atoms with van der Waals surface area (Å²) in [5.41, 5.74) is 5.97. The van der Waals surface area contributed by atoms with E-state index >= 15 is 0 Å². The molecule has 4 N–H and O–H groups in total. The fourth-order valence-electron chi connectivity index (χ4n) is 5.67. The van der Waals surface area contributed by atoms with Crippen LogP contribution in [0.25, 0.3) is 11.1 Å². The van der Waals surface area contributed by atoms with Crippen LogP contribution in [-0.4, -0.2) is 53.2 Å². The van der Waals surface area contributed by atoms with Gasteiger partial charge in [0.05, 0.1) is 23.6 Å². The zero-order valence-corrected chi connectivity index (χ0v) is 26.1. The molecule has 1 aliphatic carbocycles. The van der Waals surface area contributed by atoms with Crippen molar-refractivity contribution in [1.82, 2.24) is 5.09 Å². The third kappa shape index (κ3) is 7.15. The highest BCUT2D eigenvalue weighted by Crippen LogP contribution is 2.53. The molecule has 6 atom stereocenters. The summed E-state index contributed by atoms with van der Waals surface area (Å²) in [4.78, 5) is 23.4. The summed E-state index contributed by atoms with van der Waals surface area (Å²) in [5.74, 6) is -7.61. The molecule has 0 saturated carbocycles. The molecule has 49 heavy (non-hydrogen) atoms. The second-order valence-corrected chi connectivity index (χ2v) is 13.2. The smallest absolute Gasteiger partial charge is 0.406 e. The number of aliphatic hydroxyl groups is 1. The van der Waals surface area contributed by atoms with Gasteiger partial charge in [-0.1, -0.05) is 18.2 Å². The van der Waals surface area contributed by atoms with E-state index in [1.807, 2.05) is 0 Å². The van der Waals surface area contributed by atoms with E-state index in [2.05, 4.69) is 5.09 Å². The number of ether oxygens (including phenoxy) is 2. The van der Waals surface area contributed by atoms with Gasteiger partial charge in [-0.2, -0.15) is 0 Å². The fraction of sp³-hybridized carbons (Fsp3) is 0.281. The molecule has 0 spiro atoms. The second-order valence-electron chi connectivity index (χ2n) is 11.5. The van der Waals surface area contributed by atoms with Crippen molar-refractivity contribution in [3.63, 3.8) is 0 Å². The lowest BCUT2D eigenvalue weighted by molar-refractivity contribution is -0.385. The molecule has 3 aromatic rings. The summed E-state index contributed by atoms with van der Waals surface area (Å²) in [6.45, 7) is -0.756. The van der Waals surface area contributed by atoms with Crippen LogP contribution < -0.4 is 15.6 Å². The van der Waals surface area contributed by atoms with Crippen LogP contribution in [0.1, 0.15) is 18.1 Å². The van der Waals surface area contributed by atoms with Crippen molar-refractivity contribution in [2.24, 2.45) is 11.7 Å². The first-order chi connectivity index (χ1) is 23.2. The number of benzene rings is 3. The minimum absolute atomic E-state index is 0.0488. The van der Waals surface area contributed by atoms with Gasteiger partial charge in [-0.15, -0.1) is 0 Å². The Morgan fingerprint density at radius 2 is 1.88 bits per heavy atom. The molecule has 0 amide bonds. The molecule has 0 aromatic heterocycles. The van der Waals surface area contributed by atoms with Crippen LogP contribution in [0.3, 0.4) is 0 Å². The van der Waals surface area contributed by atoms with Crippen molar-refractivity contribution in [2.75, 3.05) is 13.2 Å². The number of carbonyl (C=O) groups excluding carboxylic acids is 1. The van der Waals surface area contributed by atoms with E-state index in [1.165, 1.54) is 54.6 Å². The number of ketones is 1. The second kappa shape index (κ2) is 13.5. The molecule has 3 aromatic carbocycles. The van der Waals surface area contributed by atoms with Gasteiger partial charge in [0.25, 0.3) is 0 Å². The highest BCUT2D eigenvalue weighted by molar-refractivity contribution is 7.51. The fourth-order valence-corrected chi connectivity index (χ4v) is 7.21. The Balaban J connectivity index is 1.15. The number of nitrogens with two attached hydrogens (primary N) is 1. The number of carbonyl (C=O) groups is 1. The average Bonchev–Trinajstić information content (AvgIpc) is 3.28. The number of allylic oxidation sites excluding steroid dienone is 2. The van der Waals surface area contributed by atoms with E-state index in [0.717, 1.165) is 24.3 Å². The molecule has 258 valence electrons. The summed E-state index contributed by atoms with van der Waals surface area (Å²) < 4.78 is 93.8. The highest BCUT2D eigenvalue weighted by Gasteiger charge is 2.61. The molecule has 0 radical (unpaired) electrons. The van der Waals surface area contributed by atoms with Crippen molar-refractivity contribution >= 4 is 19.2 Å². The Bertz CT molecular complexity index is 1890. The molecule has 2 saturated heterocycles. The summed E-state index contributed by atoms with van der Waals surface area (Å²) in [5, 5.41) is 24.7. The van der Waals surface area contributed by atoms with Gasteiger partial charge < -0.3 is 20.3 Å². The number of halogens is 4. The van der Waals surface area contributed by atoms with Crippen molar-refractivity contribution in [3.05, 3.63) is 112 Å². The zero-order chi connectivity index (χ0) is 35.1. The Kier molecular flexibility index (Phi) is 9.46. The Hall–Kier alpha value is -4.44. The van der Waals surface area contributed by atoms with Crippen molar-refractivity contribution in [3.8, 4) is 22.6 Å². The summed E-state index contributed by atoms with van der Waals surface area (Å²) in [6.07, 6.45) is -3.50. The van der Waals surface area contributed by atoms with Crippen LogP contribution in [0.5, 0.6) is 11.5 Å². The minimum atomic E-state index is -4.23. The zero-order valence-electron chi connectivity index (χ0n) is 25.2. The number of hydrogen-bond donors (Lipinski definition) is 3. The minimum Gasteiger partial charge on any atom is -0.450 e. The van der Waals surface area contributed by atoms with Gasteiger partial charge in [0.15, 0.2) is 5.78 Å². The quantitative estimate of drug-likeness (QED) is 0.105. The molecule has 2 aliphatic heterocycles. The van der Waals surface area contributed by atoms with Crippen LogP contribution in [0, 0.1) is 27.7 Å². The molecular weight excluding hydrogens is 677 g/mol. The number of nitrogens with zero attached hydrogens (tertiary/aromatic N) is 1. The maximum absolute atomic E-state index is 15.0. The van der Waals surface area contributed by atoms with Crippen molar-refractivity contribution in [2.45, 2.75) is 36.8 Å². The van der Waals surface area contributed by atoms with E-state index in [9.17, 15) is 42.1 Å². The average molecular weight is 706 g/mol. The van der Waals surface area contributed by atoms with Gasteiger partial charge in [-0.05, 0) is 60.0 Å². The number of rotatable bonds is 9. The van der Waals surface area contributed by atoms with Gasteiger partial charge in [0.1, 0.15) is 35.7 Å². The van der Waals surface area contributed by atoms with Gasteiger partial charge in [-0.3, -0.25) is 24.0 Å². The molecule has 12 nitrogen and oxygen atoms in total. The van der Waals surface area contributed by atoms with Crippen LogP contribution in [0.4, 0.5) is 23.2 Å². The van der Waals surface area contributed by atoms with Gasteiger partial charge in [0.2, 0.25) is 5.75 Å². The highest BCUT2D eigenvalue weighted by atomic mass is 31.2. The maximum atomic E-state index is 15.0. The van der Waals surface area contributed by atoms with E-state index in [1.54, 1.807) is 0 Å². The van der Waals surface area contributed by atoms with Gasteiger partial charge in [0, 0.05) is 36.0 Å². The summed E-state index contributed by atoms with van der Waals surface area (Å²) in [7, 11) is -4.23. The first kappa shape index (κ1) is 34.4. The molecule has 2 fully saturated rings. The van der Waals surface area contributed by atoms with Gasteiger partial charge in [-0.25, -0.2) is 27.2 Å². The standard InChI is InChI=1S/C32H28F4N3O9P/c33-19-4-1-17(2-5-19)22-9-7-21(15-24(22)34)46-28-13-18(3-10-25(28)39(42)43)27-11-12-38-49(44,48-27)45-16-29-30(41)32(35,36)31(47-29)23-8-6-20(37)14-26(23)40/h1-10,13-15,23,27,29-31,41H,11-12,16,37H2,(H,38,44). The van der Waals surface area contributed by atoms with Crippen LogP contribution in [0.15, 0.2) is 84.6 Å². The predicted octanol–water partition coefficient (Wildman–Crippen LogP) is 5.87. The van der Waals surface area contributed by atoms with Crippen LogP contribution in [-0.2, 0) is 23.1 Å². The maximum Gasteiger partial charge on any atom is 0.406 e. The predicted molar refractivity (Wildman–Crippen MR) is 164 cm³/mol. The molecule has 2 heterocycles. The van der Waals surface area contributed by atoms with Crippen molar-refractivity contribution < 1.29 is 55.5 Å². The number of alkyl halides is 2. The Morgan fingerprint density at radius 1 is 1.12 bits per heavy atom. The monoisotopic (exact) mass is 705 g/mol. The third-order valence-corrected chi connectivity index (χ3v) is 9.80. The SMILES string of the molecule is NC1=CC(=O)C(C2OC(COP3(=O)NCCC(c4ccc([N+](=O)[O-])c(Oc5ccc(-c6ccc(F)cc6)c(F)c5)c4)O3)C(O)C2(F)F)C=C1. The van der Waals surface area contributed by atoms with E-state index in [4.69, 9.17) is 24.3 Å². The van der Waals surface area contributed by atoms with Crippen LogP contribution in [0.2, 0.25) is 0 Å². The van der Waals surface area contributed by atoms with Crippen LogP contribution >= 0.6 is 7.75 Å². The Labute approximate surface area is 275 Å². The van der Waals surface area contributed by atoms with E-state index in [0.29, 0.717) is 5.56 Å². The third-order valence-electron chi connectivity index (χ3n) is 8.17. The Morgan fingerprint density at radius 3 is 2.57 bits per heavy atom. The van der Waals surface area contributed by atoms with Gasteiger partial charge >= 0.3 is 19.4 Å². The number of aliphatic hydroxyl groups excluding tert-OH is 1. The first-order valence-electron chi connectivity index (χ1n) is 14.8. The number of nitrogens with one attached hydrogen (secondary N) is 1. The lowest BCUT2D eigenvalue weighted by atomic mass is 9.88. The molecule has 0 bridgehead atoms. The number of hydrogen-bond acceptors (Lipinski definition) is 10. The lowest BCUT2D eigenvalue weighted by Crippen LogP contribution is -2.45. The number of nitro groups is 1. The largest absolute Gasteiger partial charge is 0.450 e. The molecule has 6 rings (SSSR count). The molecular formula is C32H28F4N3O9P. The molecule has 3 aliphatic rings. The normalized spacial score (nSPS) is 27.9. The number of nitro benzene ring substituents is 1. The lowest BCUT2D eigenvalue weighted by Gasteiger charge is -2.31. The molecule has 6 unspecified atom stereocenters. The van der Waals surface area contributed by atoms with E-state index < -0.39 is 78.6 Å². The molecule has 17 heteroatoms. The van der Waals surface area contributed by atoms with Crippen molar-refractivity contribution in [1.29, 1.82) is 0 Å².